The second kappa shape index (κ2) is 12.3. The largest absolute Gasteiger partial charge is 0.372 e. The molecule has 0 unspecified atom stereocenters. The third kappa shape index (κ3) is 7.79. The molecule has 224 valence electrons. The number of benzene rings is 1. The van der Waals surface area contributed by atoms with Crippen LogP contribution in [0.15, 0.2) is 30.5 Å². The molecule has 6 rings (SSSR count). The maximum Gasteiger partial charge on any atom is 0.224 e. The van der Waals surface area contributed by atoms with Crippen molar-refractivity contribution in [2.75, 3.05) is 54.1 Å². The minimum Gasteiger partial charge on any atom is -0.372 e. The van der Waals surface area contributed by atoms with Gasteiger partial charge in [0.15, 0.2) is 15.0 Å². The lowest BCUT2D eigenvalue weighted by molar-refractivity contribution is -0.126. The number of nitriles is 1. The number of sulfone groups is 1. The van der Waals surface area contributed by atoms with Crippen LogP contribution in [0.4, 0.5) is 10.8 Å². The lowest BCUT2D eigenvalue weighted by Gasteiger charge is -2.37. The number of nitrogens with one attached hydrogen (secondary N) is 1. The summed E-state index contributed by atoms with van der Waals surface area (Å²) in [6, 6.07) is 10.5. The van der Waals surface area contributed by atoms with Crippen LogP contribution in [0.1, 0.15) is 60.2 Å². The highest BCUT2D eigenvalue weighted by Gasteiger charge is 2.45. The van der Waals surface area contributed by atoms with E-state index in [0.717, 1.165) is 79.5 Å². The number of aromatic nitrogens is 1. The Morgan fingerprint density at radius 3 is 2.39 bits per heavy atom. The molecular formula is C30H43N5O4S2. The SMILES string of the molecule is CC1(C)CN(c2ncc(-c3ccc(N4CCS(=O)(=O)CC4)cc3)s2)CCO1.N#CC1(NC(=O)C2CCCCC2)CC1.[HH]. The summed E-state index contributed by atoms with van der Waals surface area (Å²) >= 11 is 1.70. The van der Waals surface area contributed by atoms with Gasteiger partial charge in [0.1, 0.15) is 5.54 Å². The summed E-state index contributed by atoms with van der Waals surface area (Å²) in [7, 11) is -2.85. The zero-order valence-corrected chi connectivity index (χ0v) is 25.7. The fourth-order valence-electron chi connectivity index (χ4n) is 5.62. The highest BCUT2D eigenvalue weighted by atomic mass is 32.2. The molecule has 2 saturated heterocycles. The van der Waals surface area contributed by atoms with Gasteiger partial charge in [0, 0.05) is 45.4 Å². The number of nitrogens with zero attached hydrogens (tertiary/aromatic N) is 4. The third-order valence-corrected chi connectivity index (χ3v) is 11.1. The molecule has 4 fully saturated rings. The quantitative estimate of drug-likeness (QED) is 0.527. The van der Waals surface area contributed by atoms with Crippen LogP contribution in [0, 0.1) is 17.2 Å². The molecule has 3 heterocycles. The number of hydrogen-bond acceptors (Lipinski definition) is 9. The van der Waals surface area contributed by atoms with Gasteiger partial charge in [0.05, 0.1) is 34.7 Å². The minimum absolute atomic E-state index is 0. The van der Waals surface area contributed by atoms with Crippen molar-refractivity contribution in [3.63, 3.8) is 0 Å². The Balaban J connectivity index is 0.000000228. The van der Waals surface area contributed by atoms with E-state index in [1.165, 1.54) is 6.42 Å². The molecule has 2 aliphatic heterocycles. The van der Waals surface area contributed by atoms with Crippen molar-refractivity contribution in [1.82, 2.24) is 10.3 Å². The normalized spacial score (nSPS) is 23.0. The summed E-state index contributed by atoms with van der Waals surface area (Å²) in [4.78, 5) is 21.9. The van der Waals surface area contributed by atoms with Gasteiger partial charge in [-0.25, -0.2) is 13.4 Å². The van der Waals surface area contributed by atoms with Crippen LogP contribution in [0.3, 0.4) is 0 Å². The number of anilines is 2. The van der Waals surface area contributed by atoms with Gasteiger partial charge in [-0.2, -0.15) is 5.26 Å². The van der Waals surface area contributed by atoms with E-state index in [1.807, 2.05) is 6.20 Å². The maximum atomic E-state index is 11.8. The van der Waals surface area contributed by atoms with E-state index in [0.29, 0.717) is 13.1 Å². The Morgan fingerprint density at radius 1 is 1.10 bits per heavy atom. The molecule has 9 nitrogen and oxygen atoms in total. The predicted molar refractivity (Wildman–Crippen MR) is 165 cm³/mol. The molecule has 11 heteroatoms. The van der Waals surface area contributed by atoms with Crippen LogP contribution in [0.2, 0.25) is 0 Å². The highest BCUT2D eigenvalue weighted by Crippen LogP contribution is 2.36. The molecule has 0 radical (unpaired) electrons. The molecule has 2 saturated carbocycles. The van der Waals surface area contributed by atoms with E-state index >= 15 is 0 Å². The number of rotatable bonds is 5. The van der Waals surface area contributed by atoms with E-state index in [-0.39, 0.29) is 30.4 Å². The van der Waals surface area contributed by atoms with Crippen molar-refractivity contribution in [2.24, 2.45) is 5.92 Å². The van der Waals surface area contributed by atoms with E-state index < -0.39 is 15.4 Å². The summed E-state index contributed by atoms with van der Waals surface area (Å²) in [5, 5.41) is 12.8. The minimum atomic E-state index is -2.85. The van der Waals surface area contributed by atoms with Crippen molar-refractivity contribution in [3.05, 3.63) is 30.5 Å². The summed E-state index contributed by atoms with van der Waals surface area (Å²) < 4.78 is 29.0. The summed E-state index contributed by atoms with van der Waals surface area (Å²) in [6.45, 7) is 7.79. The standard InChI is InChI=1S/C19H25N3O3S2.C11H16N2O.H2/c1-19(2)14-22(7-10-25-19)18-20-13-17(26-18)15-3-5-16(6-4-15)21-8-11-27(23,24)12-9-21;12-8-11(6-7-11)13-10(14)9-4-2-1-3-5-9;/h3-6,13H,7-12,14H2,1-2H3;9H,1-7H2,(H,13,14);1H. The number of carbonyl (C=O) groups excluding carboxylic acids is 1. The molecule has 0 bridgehead atoms. The average molecular weight is 602 g/mol. The molecule has 0 atom stereocenters. The first kappa shape index (κ1) is 29.8. The Kier molecular flexibility index (Phi) is 8.92. The Labute approximate surface area is 249 Å². The predicted octanol–water partition coefficient (Wildman–Crippen LogP) is 4.65. The molecule has 0 spiro atoms. The average Bonchev–Trinajstić information content (AvgIpc) is 3.56. The van der Waals surface area contributed by atoms with E-state index in [9.17, 15) is 13.2 Å². The monoisotopic (exact) mass is 601 g/mol. The Hall–Kier alpha value is -2.68. The molecule has 4 aliphatic rings. The third-order valence-electron chi connectivity index (χ3n) is 8.35. The molecule has 2 aromatic rings. The summed E-state index contributed by atoms with van der Waals surface area (Å²) in [6.07, 6.45) is 9.21. The van der Waals surface area contributed by atoms with Crippen LogP contribution in [-0.4, -0.2) is 74.7 Å². The Bertz CT molecular complexity index is 1350. The molecule has 41 heavy (non-hydrogen) atoms. The first-order valence-electron chi connectivity index (χ1n) is 14.7. The molecule has 1 aromatic carbocycles. The molecule has 1 aromatic heterocycles. The van der Waals surface area contributed by atoms with Crippen molar-refractivity contribution < 1.29 is 19.4 Å². The van der Waals surface area contributed by atoms with Crippen molar-refractivity contribution in [1.29, 1.82) is 5.26 Å². The van der Waals surface area contributed by atoms with E-state index in [1.54, 1.807) is 11.3 Å². The second-order valence-corrected chi connectivity index (χ2v) is 15.6. The molecule has 1 N–H and O–H groups in total. The smallest absolute Gasteiger partial charge is 0.224 e. The number of hydrogen-bond donors (Lipinski definition) is 1. The summed E-state index contributed by atoms with van der Waals surface area (Å²) in [5.41, 5.74) is 1.59. The fourth-order valence-corrected chi connectivity index (χ4v) is 7.77. The zero-order chi connectivity index (χ0) is 29.1. The van der Waals surface area contributed by atoms with Crippen molar-refractivity contribution in [3.8, 4) is 16.5 Å². The number of morpholine rings is 1. The molecule has 2 aliphatic carbocycles. The zero-order valence-electron chi connectivity index (χ0n) is 24.1. The number of amides is 1. The summed E-state index contributed by atoms with van der Waals surface area (Å²) in [5.74, 6) is 0.768. The number of thiazole rings is 1. The van der Waals surface area contributed by atoms with Crippen molar-refractivity contribution in [2.45, 2.75) is 69.9 Å². The van der Waals surface area contributed by atoms with Crippen molar-refractivity contribution >= 4 is 37.9 Å². The lowest BCUT2D eigenvalue weighted by Crippen LogP contribution is -2.48. The number of carbonyl (C=O) groups is 1. The van der Waals surface area contributed by atoms with E-state index in [4.69, 9.17) is 10.00 Å². The van der Waals surface area contributed by atoms with Gasteiger partial charge in [0.2, 0.25) is 5.91 Å². The van der Waals surface area contributed by atoms with Gasteiger partial charge in [0.25, 0.3) is 0 Å². The van der Waals surface area contributed by atoms with Gasteiger partial charge in [-0.05, 0) is 57.2 Å². The topological polar surface area (TPSA) is 116 Å². The van der Waals surface area contributed by atoms with Gasteiger partial charge in [-0.1, -0.05) is 42.7 Å². The fraction of sp³-hybridized carbons (Fsp3) is 0.633. The van der Waals surface area contributed by atoms with E-state index in [2.05, 4.69) is 64.3 Å². The van der Waals surface area contributed by atoms with Crippen LogP contribution in [0.5, 0.6) is 0 Å². The van der Waals surface area contributed by atoms with Gasteiger partial charge in [-0.15, -0.1) is 0 Å². The van der Waals surface area contributed by atoms with Gasteiger partial charge < -0.3 is 19.9 Å². The first-order chi connectivity index (χ1) is 19.6. The van der Waals surface area contributed by atoms with Crippen LogP contribution >= 0.6 is 11.3 Å². The van der Waals surface area contributed by atoms with Gasteiger partial charge in [-0.3, -0.25) is 4.79 Å². The Morgan fingerprint density at radius 2 is 1.78 bits per heavy atom. The van der Waals surface area contributed by atoms with Gasteiger partial charge >= 0.3 is 0 Å². The first-order valence-corrected chi connectivity index (χ1v) is 17.3. The molecule has 1 amide bonds. The highest BCUT2D eigenvalue weighted by molar-refractivity contribution is 7.91. The van der Waals surface area contributed by atoms with Crippen LogP contribution in [-0.2, 0) is 19.4 Å². The number of ether oxygens (including phenoxy) is 1. The lowest BCUT2D eigenvalue weighted by atomic mass is 9.88. The van der Waals surface area contributed by atoms with Crippen LogP contribution < -0.4 is 15.1 Å². The molecular weight excluding hydrogens is 558 g/mol. The second-order valence-electron chi connectivity index (χ2n) is 12.2. The maximum absolute atomic E-state index is 11.8. The van der Waals surface area contributed by atoms with Crippen LogP contribution in [0.25, 0.3) is 10.4 Å².